The highest BCUT2D eigenvalue weighted by atomic mass is 35.5. The summed E-state index contributed by atoms with van der Waals surface area (Å²) in [4.78, 5) is 28.7. The molecule has 1 aromatic carbocycles. The molecule has 3 amide bonds. The van der Waals surface area contributed by atoms with Crippen LogP contribution in [0.25, 0.3) is 0 Å². The summed E-state index contributed by atoms with van der Waals surface area (Å²) in [6, 6.07) is 6.15. The van der Waals surface area contributed by atoms with E-state index in [-0.39, 0.29) is 29.9 Å². The van der Waals surface area contributed by atoms with Gasteiger partial charge < -0.3 is 15.1 Å². The molecule has 2 aliphatic rings. The van der Waals surface area contributed by atoms with Gasteiger partial charge in [0.2, 0.25) is 5.91 Å². The van der Waals surface area contributed by atoms with Gasteiger partial charge in [0, 0.05) is 48.2 Å². The molecule has 166 valence electrons. The van der Waals surface area contributed by atoms with Crippen LogP contribution in [0.1, 0.15) is 63.9 Å². The first kappa shape index (κ1) is 23.2. The summed E-state index contributed by atoms with van der Waals surface area (Å²) in [6.07, 6.45) is 5.61. The number of benzene rings is 1. The Bertz CT molecular complexity index is 735. The van der Waals surface area contributed by atoms with Crippen molar-refractivity contribution in [1.29, 1.82) is 0 Å². The lowest BCUT2D eigenvalue weighted by atomic mass is 9.82. The average Bonchev–Trinajstić information content (AvgIpc) is 2.72. The van der Waals surface area contributed by atoms with Gasteiger partial charge in [-0.25, -0.2) is 4.79 Å². The van der Waals surface area contributed by atoms with Crippen molar-refractivity contribution in [2.45, 2.75) is 70.4 Å². The minimum absolute atomic E-state index is 0.00196. The Morgan fingerprint density at radius 3 is 2.10 bits per heavy atom. The number of carbonyl (C=O) groups is 2. The van der Waals surface area contributed by atoms with E-state index in [0.29, 0.717) is 16.0 Å². The van der Waals surface area contributed by atoms with Gasteiger partial charge in [0.25, 0.3) is 0 Å². The zero-order valence-corrected chi connectivity index (χ0v) is 19.7. The smallest absolute Gasteiger partial charge is 0.317 e. The second-order valence-electron chi connectivity index (χ2n) is 9.02. The molecule has 0 radical (unpaired) electrons. The van der Waals surface area contributed by atoms with E-state index in [1.54, 1.807) is 6.07 Å². The van der Waals surface area contributed by atoms with Crippen molar-refractivity contribution in [3.05, 3.63) is 33.8 Å². The number of nitrogens with one attached hydrogen (secondary N) is 1. The standard InChI is InChI=1S/C23H33Cl2N3O2/c1-15(2)22(29)28-10-8-21(9-11-28)27(3)23(30)26-20-6-4-16(5-7-20)17-12-18(24)14-19(25)13-17/h12-16,20-21H,4-11H2,1-3H3,(H,26,30). The fourth-order valence-corrected chi connectivity index (χ4v) is 5.21. The third-order valence-electron chi connectivity index (χ3n) is 6.55. The van der Waals surface area contributed by atoms with E-state index in [4.69, 9.17) is 23.2 Å². The molecular formula is C23H33Cl2N3O2. The molecule has 3 rings (SSSR count). The SMILES string of the molecule is CC(C)C(=O)N1CCC(N(C)C(=O)NC2CCC(c3cc(Cl)cc(Cl)c3)CC2)CC1. The van der Waals surface area contributed by atoms with Crippen molar-refractivity contribution < 1.29 is 9.59 Å². The molecule has 7 heteroatoms. The van der Waals surface area contributed by atoms with Gasteiger partial charge in [-0.3, -0.25) is 4.79 Å². The van der Waals surface area contributed by atoms with Crippen molar-refractivity contribution in [2.24, 2.45) is 5.92 Å². The average molecular weight is 454 g/mol. The van der Waals surface area contributed by atoms with Crippen LogP contribution in [0.5, 0.6) is 0 Å². The number of hydrogen-bond donors (Lipinski definition) is 1. The zero-order chi connectivity index (χ0) is 21.8. The minimum Gasteiger partial charge on any atom is -0.342 e. The number of halogens is 2. The quantitative estimate of drug-likeness (QED) is 0.671. The number of piperidine rings is 1. The zero-order valence-electron chi connectivity index (χ0n) is 18.2. The largest absolute Gasteiger partial charge is 0.342 e. The Hall–Kier alpha value is -1.46. The maximum Gasteiger partial charge on any atom is 0.317 e. The molecule has 1 N–H and O–H groups in total. The van der Waals surface area contributed by atoms with Crippen molar-refractivity contribution in [3.8, 4) is 0 Å². The summed E-state index contributed by atoms with van der Waals surface area (Å²) >= 11 is 12.3. The van der Waals surface area contributed by atoms with E-state index in [1.807, 2.05) is 42.8 Å². The van der Waals surface area contributed by atoms with Gasteiger partial charge in [-0.15, -0.1) is 0 Å². The summed E-state index contributed by atoms with van der Waals surface area (Å²) in [6.45, 7) is 5.33. The molecule has 2 fully saturated rings. The van der Waals surface area contributed by atoms with Crippen LogP contribution in [-0.4, -0.2) is 54.0 Å². The molecule has 0 spiro atoms. The van der Waals surface area contributed by atoms with Crippen molar-refractivity contribution >= 4 is 35.1 Å². The fourth-order valence-electron chi connectivity index (χ4n) is 4.66. The summed E-state index contributed by atoms with van der Waals surface area (Å²) in [5.74, 6) is 0.675. The number of rotatable bonds is 4. The Labute approximate surface area is 190 Å². The molecule has 1 aromatic rings. The van der Waals surface area contributed by atoms with Gasteiger partial charge in [-0.2, -0.15) is 0 Å². The molecule has 1 aliphatic heterocycles. The first-order valence-corrected chi connectivity index (χ1v) is 11.8. The highest BCUT2D eigenvalue weighted by Crippen LogP contribution is 2.35. The molecule has 0 atom stereocenters. The van der Waals surface area contributed by atoms with Gasteiger partial charge >= 0.3 is 6.03 Å². The van der Waals surface area contributed by atoms with Crippen LogP contribution in [0, 0.1) is 5.92 Å². The molecule has 1 heterocycles. The number of amides is 3. The molecule has 0 unspecified atom stereocenters. The monoisotopic (exact) mass is 453 g/mol. The van der Waals surface area contributed by atoms with E-state index in [1.165, 1.54) is 5.56 Å². The van der Waals surface area contributed by atoms with Gasteiger partial charge in [0.1, 0.15) is 0 Å². The van der Waals surface area contributed by atoms with E-state index >= 15 is 0 Å². The van der Waals surface area contributed by atoms with Crippen molar-refractivity contribution in [3.63, 3.8) is 0 Å². The molecule has 0 aromatic heterocycles. The van der Waals surface area contributed by atoms with Crippen molar-refractivity contribution in [2.75, 3.05) is 20.1 Å². The van der Waals surface area contributed by atoms with Crippen LogP contribution in [0.15, 0.2) is 18.2 Å². The maximum atomic E-state index is 12.8. The van der Waals surface area contributed by atoms with Crippen LogP contribution in [0.3, 0.4) is 0 Å². The molecule has 30 heavy (non-hydrogen) atoms. The van der Waals surface area contributed by atoms with Crippen LogP contribution >= 0.6 is 23.2 Å². The number of urea groups is 1. The molecule has 0 bridgehead atoms. The Morgan fingerprint density at radius 1 is 1.00 bits per heavy atom. The summed E-state index contributed by atoms with van der Waals surface area (Å²) in [7, 11) is 1.87. The molecule has 1 saturated carbocycles. The van der Waals surface area contributed by atoms with E-state index in [9.17, 15) is 9.59 Å². The van der Waals surface area contributed by atoms with E-state index in [2.05, 4.69) is 5.32 Å². The highest BCUT2D eigenvalue weighted by Gasteiger charge is 2.30. The first-order valence-electron chi connectivity index (χ1n) is 11.0. The van der Waals surface area contributed by atoms with Gasteiger partial charge in [-0.05, 0) is 68.2 Å². The highest BCUT2D eigenvalue weighted by molar-refractivity contribution is 6.34. The molecule has 1 saturated heterocycles. The van der Waals surface area contributed by atoms with Gasteiger partial charge in [0.05, 0.1) is 0 Å². The number of likely N-dealkylation sites (tertiary alicyclic amines) is 1. The fraction of sp³-hybridized carbons (Fsp3) is 0.652. The Morgan fingerprint density at radius 2 is 1.57 bits per heavy atom. The molecule has 5 nitrogen and oxygen atoms in total. The Balaban J connectivity index is 1.45. The lowest BCUT2D eigenvalue weighted by molar-refractivity contribution is -0.135. The number of carbonyl (C=O) groups excluding carboxylic acids is 2. The predicted molar refractivity (Wildman–Crippen MR) is 122 cm³/mol. The van der Waals surface area contributed by atoms with E-state index in [0.717, 1.165) is 51.6 Å². The lowest BCUT2D eigenvalue weighted by Crippen LogP contribution is -2.52. The first-order chi connectivity index (χ1) is 14.2. The minimum atomic E-state index is -0.00196. The topological polar surface area (TPSA) is 52.7 Å². The third-order valence-corrected chi connectivity index (χ3v) is 6.99. The van der Waals surface area contributed by atoms with E-state index < -0.39 is 0 Å². The van der Waals surface area contributed by atoms with Crippen LogP contribution < -0.4 is 5.32 Å². The summed E-state index contributed by atoms with van der Waals surface area (Å²) < 4.78 is 0. The molecular weight excluding hydrogens is 421 g/mol. The van der Waals surface area contributed by atoms with Crippen LogP contribution in [0.4, 0.5) is 4.79 Å². The maximum absolute atomic E-state index is 12.8. The normalized spacial score (nSPS) is 22.8. The van der Waals surface area contributed by atoms with Gasteiger partial charge in [-0.1, -0.05) is 37.0 Å². The van der Waals surface area contributed by atoms with Crippen LogP contribution in [-0.2, 0) is 4.79 Å². The second-order valence-corrected chi connectivity index (χ2v) is 9.90. The van der Waals surface area contributed by atoms with Gasteiger partial charge in [0.15, 0.2) is 0 Å². The molecule has 1 aliphatic carbocycles. The number of hydrogen-bond acceptors (Lipinski definition) is 2. The second kappa shape index (κ2) is 10.2. The Kier molecular flexibility index (Phi) is 7.92. The van der Waals surface area contributed by atoms with Crippen LogP contribution in [0.2, 0.25) is 10.0 Å². The summed E-state index contributed by atoms with van der Waals surface area (Å²) in [5, 5.41) is 4.57. The lowest BCUT2D eigenvalue weighted by Gasteiger charge is -2.38. The predicted octanol–water partition coefficient (Wildman–Crippen LogP) is 5.31. The van der Waals surface area contributed by atoms with Crippen molar-refractivity contribution in [1.82, 2.24) is 15.1 Å². The summed E-state index contributed by atoms with van der Waals surface area (Å²) in [5.41, 5.74) is 1.19. The number of nitrogens with zero attached hydrogens (tertiary/aromatic N) is 2. The third kappa shape index (κ3) is 5.82.